The first-order chi connectivity index (χ1) is 42.5. The van der Waals surface area contributed by atoms with Crippen LogP contribution in [0.15, 0.2) is 170 Å². The molecule has 6 aromatic rings. The number of hydrogen-bond acceptors (Lipinski definition) is 21. The lowest BCUT2D eigenvalue weighted by molar-refractivity contribution is -0.131. The number of aryl methyl sites for hydroxylation is 3. The van der Waals surface area contributed by atoms with Crippen molar-refractivity contribution < 1.29 is 102 Å². The van der Waals surface area contributed by atoms with Gasteiger partial charge in [-0.3, -0.25) is 0 Å². The van der Waals surface area contributed by atoms with Gasteiger partial charge in [0, 0.05) is 69.8 Å². The standard InChI is InChI=1S/C12H14O4.3C12H14O3.2C11H12O4/c1-4-15-10-5-9(13)6-11(7-10)16-12(14)8(2)3;1-7(2)12(14)15-10-5-8(3)11(13)9(4)6-10;1-7(2)12(14)15-11-6-5-10(13)8(3)9(11)4;1-4-9-5-10(13)7-11(6-9)15-12(14)8(2)3;1-7(2)11(13)15-8-4-5-9(12)10(6-8)14-3;1-7(2)11(13)15-9-5-4-8(12)6-10(9)14-3/h5-7,13H,2,4H2,1,3H3;2*5-6,13H,1H2,2-4H3;5-7,13H,2,4H2,1,3H3;2*4-6,12H,1H2,2-3H3. The van der Waals surface area contributed by atoms with E-state index in [1.54, 1.807) is 99.6 Å². The summed E-state index contributed by atoms with van der Waals surface area (Å²) in [5.74, 6) is 0.585. The van der Waals surface area contributed by atoms with E-state index in [2.05, 4.69) is 39.5 Å². The lowest BCUT2D eigenvalue weighted by Crippen LogP contribution is -2.09. The van der Waals surface area contributed by atoms with Crippen LogP contribution in [0.25, 0.3) is 0 Å². The number of esters is 6. The Labute approximate surface area is 530 Å². The van der Waals surface area contributed by atoms with Crippen molar-refractivity contribution >= 4 is 35.8 Å². The second-order valence-corrected chi connectivity index (χ2v) is 19.7. The van der Waals surface area contributed by atoms with Crippen LogP contribution in [0.1, 0.15) is 83.2 Å². The van der Waals surface area contributed by atoms with Crippen LogP contribution in [0.2, 0.25) is 0 Å². The Morgan fingerprint density at radius 2 is 0.747 bits per heavy atom. The first kappa shape index (κ1) is 77.8. The van der Waals surface area contributed by atoms with Gasteiger partial charge in [-0.25, -0.2) is 28.8 Å². The predicted molar refractivity (Wildman–Crippen MR) is 344 cm³/mol. The van der Waals surface area contributed by atoms with Gasteiger partial charge in [0.15, 0.2) is 23.0 Å². The number of aromatic hydroxyl groups is 6. The molecule has 0 saturated heterocycles. The van der Waals surface area contributed by atoms with Crippen LogP contribution in [0.3, 0.4) is 0 Å². The molecule has 21 heteroatoms. The van der Waals surface area contributed by atoms with Gasteiger partial charge in [-0.2, -0.15) is 0 Å². The summed E-state index contributed by atoms with van der Waals surface area (Å²) in [4.78, 5) is 67.4. The highest BCUT2D eigenvalue weighted by molar-refractivity contribution is 5.91. The van der Waals surface area contributed by atoms with Gasteiger partial charge in [-0.05, 0) is 171 Å². The number of benzene rings is 6. The number of rotatable bonds is 17. The molecule has 21 nitrogen and oxygen atoms in total. The number of ether oxygens (including phenoxy) is 9. The molecule has 0 bridgehead atoms. The lowest BCUT2D eigenvalue weighted by Gasteiger charge is -2.10. The molecule has 0 unspecified atom stereocenters. The van der Waals surface area contributed by atoms with Gasteiger partial charge in [0.2, 0.25) is 0 Å². The molecule has 0 aliphatic heterocycles. The number of hydrogen-bond donors (Lipinski definition) is 6. The Bertz CT molecular complexity index is 3640. The summed E-state index contributed by atoms with van der Waals surface area (Å²) in [6.45, 7) is 41.6. The van der Waals surface area contributed by atoms with Gasteiger partial charge >= 0.3 is 35.8 Å². The molecular weight excluding hydrogens is 1180 g/mol. The van der Waals surface area contributed by atoms with Crippen molar-refractivity contribution in [2.75, 3.05) is 20.8 Å². The minimum absolute atomic E-state index is 0.00683. The lowest BCUT2D eigenvalue weighted by atomic mass is 10.1. The Balaban J connectivity index is 0.000000546. The van der Waals surface area contributed by atoms with Crippen LogP contribution in [0.4, 0.5) is 0 Å². The van der Waals surface area contributed by atoms with Crippen molar-refractivity contribution in [3.05, 3.63) is 198 Å². The smallest absolute Gasteiger partial charge is 0.338 e. The highest BCUT2D eigenvalue weighted by Crippen LogP contribution is 2.33. The van der Waals surface area contributed by atoms with Crippen molar-refractivity contribution in [2.24, 2.45) is 0 Å². The maximum atomic E-state index is 11.3. The highest BCUT2D eigenvalue weighted by Gasteiger charge is 2.15. The zero-order valence-electron chi connectivity index (χ0n) is 53.7. The van der Waals surface area contributed by atoms with Crippen LogP contribution in [-0.4, -0.2) is 87.3 Å². The molecule has 0 saturated carbocycles. The average Bonchev–Trinajstić information content (AvgIpc) is 1.47. The van der Waals surface area contributed by atoms with E-state index in [1.165, 1.54) is 80.9 Å². The Morgan fingerprint density at radius 1 is 0.363 bits per heavy atom. The van der Waals surface area contributed by atoms with Gasteiger partial charge < -0.3 is 73.3 Å². The van der Waals surface area contributed by atoms with Crippen LogP contribution in [-0.2, 0) is 35.2 Å². The molecule has 0 aliphatic carbocycles. The van der Waals surface area contributed by atoms with E-state index < -0.39 is 35.8 Å². The Kier molecular flexibility index (Phi) is 32.6. The predicted octanol–water partition coefficient (Wildman–Crippen LogP) is 13.5. The summed E-state index contributed by atoms with van der Waals surface area (Å²) in [6.07, 6.45) is 0.770. The maximum Gasteiger partial charge on any atom is 0.338 e. The summed E-state index contributed by atoms with van der Waals surface area (Å²) in [7, 11) is 2.84. The molecule has 0 aliphatic rings. The van der Waals surface area contributed by atoms with Crippen molar-refractivity contribution in [1.82, 2.24) is 0 Å². The number of methoxy groups -OCH3 is 2. The first-order valence-corrected chi connectivity index (χ1v) is 27.4. The third-order valence-corrected chi connectivity index (χ3v) is 11.3. The molecule has 0 heterocycles. The molecule has 0 spiro atoms. The molecule has 0 amide bonds. The zero-order valence-corrected chi connectivity index (χ0v) is 53.7. The molecular formula is C70H80O21. The normalized spacial score (nSPS) is 9.65. The molecule has 6 aromatic carbocycles. The average molecular weight is 1260 g/mol. The van der Waals surface area contributed by atoms with Crippen molar-refractivity contribution in [1.29, 1.82) is 0 Å². The topological polar surface area (TPSA) is 307 Å². The molecule has 6 N–H and O–H groups in total. The van der Waals surface area contributed by atoms with E-state index in [4.69, 9.17) is 42.6 Å². The second kappa shape index (κ2) is 38.1. The van der Waals surface area contributed by atoms with Gasteiger partial charge in [0.1, 0.15) is 63.2 Å². The van der Waals surface area contributed by atoms with Gasteiger partial charge in [-0.15, -0.1) is 0 Å². The van der Waals surface area contributed by atoms with Crippen LogP contribution >= 0.6 is 0 Å². The summed E-state index contributed by atoms with van der Waals surface area (Å²) in [5.41, 5.74) is 5.66. The van der Waals surface area contributed by atoms with Gasteiger partial charge in [0.25, 0.3) is 0 Å². The SMILES string of the molecule is C=C(C)C(=O)Oc1cc(C)c(O)c(C)c1.C=C(C)C(=O)Oc1cc(O)cc(CC)c1.C=C(C)C(=O)Oc1cc(O)cc(OCC)c1.C=C(C)C(=O)Oc1ccc(O)c(C)c1C.C=C(C)C(=O)Oc1ccc(O)c(OC)c1.C=C(C)C(=O)Oc1ccc(O)cc1OC. The summed E-state index contributed by atoms with van der Waals surface area (Å²) in [5, 5.41) is 56.1. The van der Waals surface area contributed by atoms with Crippen LogP contribution < -0.4 is 42.6 Å². The third-order valence-electron chi connectivity index (χ3n) is 11.3. The third kappa shape index (κ3) is 28.0. The Morgan fingerprint density at radius 3 is 1.19 bits per heavy atom. The molecule has 0 radical (unpaired) electrons. The fraction of sp³-hybridized carbons (Fsp3) is 0.229. The van der Waals surface area contributed by atoms with Crippen molar-refractivity contribution in [3.63, 3.8) is 0 Å². The van der Waals surface area contributed by atoms with Gasteiger partial charge in [0.05, 0.1) is 20.8 Å². The minimum atomic E-state index is -0.534. The van der Waals surface area contributed by atoms with E-state index in [0.29, 0.717) is 91.2 Å². The fourth-order valence-electron chi connectivity index (χ4n) is 6.25. The van der Waals surface area contributed by atoms with E-state index in [9.17, 15) is 59.4 Å². The molecule has 0 atom stereocenters. The minimum Gasteiger partial charge on any atom is -0.508 e. The molecule has 91 heavy (non-hydrogen) atoms. The summed E-state index contributed by atoms with van der Waals surface area (Å²) < 4.78 is 45.0. The molecule has 486 valence electrons. The highest BCUT2D eigenvalue weighted by atomic mass is 16.6. The molecule has 0 fully saturated rings. The van der Waals surface area contributed by atoms with Gasteiger partial charge in [-0.1, -0.05) is 46.4 Å². The van der Waals surface area contributed by atoms with E-state index in [-0.39, 0.29) is 51.7 Å². The molecule has 6 rings (SSSR count). The zero-order chi connectivity index (χ0) is 69.6. The van der Waals surface area contributed by atoms with Crippen LogP contribution in [0, 0.1) is 27.7 Å². The van der Waals surface area contributed by atoms with Crippen molar-refractivity contribution in [3.8, 4) is 86.2 Å². The van der Waals surface area contributed by atoms with Crippen LogP contribution in [0.5, 0.6) is 86.2 Å². The van der Waals surface area contributed by atoms with E-state index >= 15 is 0 Å². The van der Waals surface area contributed by atoms with Crippen molar-refractivity contribution in [2.45, 2.75) is 89.5 Å². The number of carbonyl (C=O) groups is 6. The number of phenolic OH excluding ortho intramolecular Hbond substituents is 6. The second-order valence-electron chi connectivity index (χ2n) is 19.7. The first-order valence-electron chi connectivity index (χ1n) is 27.4. The largest absolute Gasteiger partial charge is 0.508 e. The molecule has 0 aromatic heterocycles. The Hall–Kier alpha value is -11.2. The maximum absolute atomic E-state index is 11.3. The number of phenols is 6. The monoisotopic (exact) mass is 1260 g/mol. The summed E-state index contributed by atoms with van der Waals surface area (Å²) in [6, 6.07) is 23.9. The van der Waals surface area contributed by atoms with E-state index in [0.717, 1.165) is 17.5 Å². The fourth-order valence-corrected chi connectivity index (χ4v) is 6.25. The van der Waals surface area contributed by atoms with E-state index in [1.807, 2.05) is 13.8 Å². The summed E-state index contributed by atoms with van der Waals surface area (Å²) >= 11 is 0. The quantitative estimate of drug-likeness (QED) is 0.0281. The number of carbonyl (C=O) groups excluding carboxylic acids is 6.